The molecule has 0 bridgehead atoms. The number of nitrogens with zero attached hydrogens (tertiary/aromatic N) is 1. The Kier molecular flexibility index (Phi) is 6.72. The highest BCUT2D eigenvalue weighted by Crippen LogP contribution is 2.22. The lowest BCUT2D eigenvalue weighted by Gasteiger charge is -2.35. The molecule has 0 aliphatic carbocycles. The smallest absolute Gasteiger partial charge is 0.0217 e. The zero-order chi connectivity index (χ0) is 15.1. The highest BCUT2D eigenvalue weighted by molar-refractivity contribution is 5.15. The number of hydrogen-bond donors (Lipinski definition) is 1. The number of likely N-dealkylation sites (N-methyl/N-ethyl adjacent to an activating group) is 1. The summed E-state index contributed by atoms with van der Waals surface area (Å²) in [5, 5.41) is 3.64. The summed E-state index contributed by atoms with van der Waals surface area (Å²) < 4.78 is 0. The van der Waals surface area contributed by atoms with Crippen LogP contribution in [0.2, 0.25) is 0 Å². The van der Waals surface area contributed by atoms with Crippen molar-refractivity contribution < 1.29 is 0 Å². The number of benzene rings is 1. The summed E-state index contributed by atoms with van der Waals surface area (Å²) in [7, 11) is 0. The predicted molar refractivity (Wildman–Crippen MR) is 91.6 cm³/mol. The van der Waals surface area contributed by atoms with Crippen LogP contribution in [0.1, 0.15) is 39.2 Å². The molecule has 1 aliphatic rings. The number of nitrogens with one attached hydrogen (secondary N) is 1. The molecule has 0 aromatic heterocycles. The predicted octanol–water partition coefficient (Wildman–Crippen LogP) is 3.58. The van der Waals surface area contributed by atoms with Crippen molar-refractivity contribution in [2.75, 3.05) is 26.2 Å². The topological polar surface area (TPSA) is 15.3 Å². The summed E-state index contributed by atoms with van der Waals surface area (Å²) in [6.07, 6.45) is 3.97. The number of likely N-dealkylation sites (tertiary alicyclic amines) is 1. The fraction of sp³-hybridized carbons (Fsp3) is 0.684. The van der Waals surface area contributed by atoms with E-state index in [1.54, 1.807) is 0 Å². The van der Waals surface area contributed by atoms with Gasteiger partial charge in [-0.2, -0.15) is 0 Å². The normalized spacial score (nSPS) is 19.0. The van der Waals surface area contributed by atoms with Crippen LogP contribution < -0.4 is 5.32 Å². The third kappa shape index (κ3) is 5.44. The van der Waals surface area contributed by atoms with Crippen LogP contribution in [0.4, 0.5) is 0 Å². The average Bonchev–Trinajstić information content (AvgIpc) is 2.49. The molecule has 2 heteroatoms. The van der Waals surface area contributed by atoms with Gasteiger partial charge in [-0.05, 0) is 56.3 Å². The molecule has 1 atom stereocenters. The molecule has 118 valence electrons. The zero-order valence-electron chi connectivity index (χ0n) is 14.0. The molecule has 1 fully saturated rings. The fourth-order valence-electron chi connectivity index (χ4n) is 3.37. The fourth-order valence-corrected chi connectivity index (χ4v) is 3.37. The SMILES string of the molecule is CCNC(CN1CCC(Cc2ccccc2)CC1)C(C)C. The van der Waals surface area contributed by atoms with Gasteiger partial charge >= 0.3 is 0 Å². The summed E-state index contributed by atoms with van der Waals surface area (Å²) in [6, 6.07) is 11.6. The Morgan fingerprint density at radius 2 is 1.81 bits per heavy atom. The summed E-state index contributed by atoms with van der Waals surface area (Å²) >= 11 is 0. The summed E-state index contributed by atoms with van der Waals surface area (Å²) in [5.41, 5.74) is 1.50. The summed E-state index contributed by atoms with van der Waals surface area (Å²) in [6.45, 7) is 11.7. The Balaban J connectivity index is 1.75. The van der Waals surface area contributed by atoms with Gasteiger partial charge in [0.15, 0.2) is 0 Å². The Morgan fingerprint density at radius 1 is 1.14 bits per heavy atom. The van der Waals surface area contributed by atoms with Crippen molar-refractivity contribution in [1.29, 1.82) is 0 Å². The number of piperidine rings is 1. The molecule has 1 N–H and O–H groups in total. The third-order valence-corrected chi connectivity index (χ3v) is 4.80. The molecular weight excluding hydrogens is 256 g/mol. The molecule has 0 amide bonds. The molecule has 0 radical (unpaired) electrons. The van der Waals surface area contributed by atoms with Gasteiger partial charge in [0.2, 0.25) is 0 Å². The van der Waals surface area contributed by atoms with Crippen LogP contribution in [-0.4, -0.2) is 37.1 Å². The van der Waals surface area contributed by atoms with Gasteiger partial charge < -0.3 is 10.2 Å². The van der Waals surface area contributed by atoms with E-state index in [1.807, 2.05) is 0 Å². The van der Waals surface area contributed by atoms with Crippen molar-refractivity contribution in [2.24, 2.45) is 11.8 Å². The molecule has 1 unspecified atom stereocenters. The largest absolute Gasteiger partial charge is 0.313 e. The van der Waals surface area contributed by atoms with Gasteiger partial charge in [-0.15, -0.1) is 0 Å². The quantitative estimate of drug-likeness (QED) is 0.825. The lowest BCUT2D eigenvalue weighted by Crippen LogP contribution is -2.46. The van der Waals surface area contributed by atoms with Crippen LogP contribution in [0, 0.1) is 11.8 Å². The average molecular weight is 288 g/mol. The van der Waals surface area contributed by atoms with E-state index in [0.717, 1.165) is 12.5 Å². The molecule has 1 aromatic rings. The molecule has 2 rings (SSSR count). The standard InChI is InChI=1S/C19H32N2/c1-4-20-19(16(2)3)15-21-12-10-18(11-13-21)14-17-8-6-5-7-9-17/h5-9,16,18-20H,4,10-15H2,1-3H3. The van der Waals surface area contributed by atoms with Gasteiger partial charge in [0.05, 0.1) is 0 Å². The van der Waals surface area contributed by atoms with E-state index in [-0.39, 0.29) is 0 Å². The van der Waals surface area contributed by atoms with Crippen LogP contribution >= 0.6 is 0 Å². The Hall–Kier alpha value is -0.860. The maximum absolute atomic E-state index is 3.64. The third-order valence-electron chi connectivity index (χ3n) is 4.80. The molecule has 2 nitrogen and oxygen atoms in total. The number of rotatable bonds is 7. The lowest BCUT2D eigenvalue weighted by atomic mass is 9.89. The van der Waals surface area contributed by atoms with Crippen LogP contribution in [0.25, 0.3) is 0 Å². The highest BCUT2D eigenvalue weighted by Gasteiger charge is 2.22. The molecule has 0 saturated carbocycles. The molecule has 1 aliphatic heterocycles. The van der Waals surface area contributed by atoms with E-state index < -0.39 is 0 Å². The lowest BCUT2D eigenvalue weighted by molar-refractivity contribution is 0.156. The van der Waals surface area contributed by atoms with Crippen molar-refractivity contribution >= 4 is 0 Å². The first kappa shape index (κ1) is 16.5. The molecule has 1 aromatic carbocycles. The highest BCUT2D eigenvalue weighted by atomic mass is 15.2. The molecule has 0 spiro atoms. The minimum atomic E-state index is 0.640. The van der Waals surface area contributed by atoms with E-state index in [9.17, 15) is 0 Å². The second-order valence-corrected chi connectivity index (χ2v) is 6.84. The van der Waals surface area contributed by atoms with E-state index in [4.69, 9.17) is 0 Å². The molecule has 1 saturated heterocycles. The van der Waals surface area contributed by atoms with Crippen molar-refractivity contribution in [2.45, 2.75) is 46.1 Å². The van der Waals surface area contributed by atoms with Gasteiger partial charge in [0.25, 0.3) is 0 Å². The summed E-state index contributed by atoms with van der Waals surface area (Å²) in [4.78, 5) is 2.66. The van der Waals surface area contributed by atoms with Crippen LogP contribution in [0.15, 0.2) is 30.3 Å². The summed E-state index contributed by atoms with van der Waals surface area (Å²) in [5.74, 6) is 1.59. The van der Waals surface area contributed by atoms with Crippen molar-refractivity contribution in [1.82, 2.24) is 10.2 Å². The second-order valence-electron chi connectivity index (χ2n) is 6.84. The van der Waals surface area contributed by atoms with Crippen molar-refractivity contribution in [3.63, 3.8) is 0 Å². The van der Waals surface area contributed by atoms with Crippen LogP contribution in [0.3, 0.4) is 0 Å². The Bertz CT molecular complexity index is 380. The number of hydrogen-bond acceptors (Lipinski definition) is 2. The first-order valence-electron chi connectivity index (χ1n) is 8.68. The van der Waals surface area contributed by atoms with Gasteiger partial charge in [0.1, 0.15) is 0 Å². The first-order valence-corrected chi connectivity index (χ1v) is 8.68. The monoisotopic (exact) mass is 288 g/mol. The zero-order valence-corrected chi connectivity index (χ0v) is 14.0. The molecule has 21 heavy (non-hydrogen) atoms. The van der Waals surface area contributed by atoms with Gasteiger partial charge in [0, 0.05) is 12.6 Å². The minimum absolute atomic E-state index is 0.640. The van der Waals surface area contributed by atoms with Gasteiger partial charge in [-0.1, -0.05) is 51.1 Å². The van der Waals surface area contributed by atoms with E-state index in [1.165, 1.54) is 44.5 Å². The molecular formula is C19H32N2. The van der Waals surface area contributed by atoms with E-state index >= 15 is 0 Å². The maximum atomic E-state index is 3.64. The van der Waals surface area contributed by atoms with Crippen LogP contribution in [-0.2, 0) is 6.42 Å². The maximum Gasteiger partial charge on any atom is 0.0217 e. The van der Waals surface area contributed by atoms with Crippen molar-refractivity contribution in [3.05, 3.63) is 35.9 Å². The minimum Gasteiger partial charge on any atom is -0.313 e. The first-order chi connectivity index (χ1) is 10.2. The van der Waals surface area contributed by atoms with E-state index in [2.05, 4.69) is 61.3 Å². The van der Waals surface area contributed by atoms with Gasteiger partial charge in [-0.3, -0.25) is 0 Å². The van der Waals surface area contributed by atoms with E-state index in [0.29, 0.717) is 12.0 Å². The Morgan fingerprint density at radius 3 is 2.38 bits per heavy atom. The van der Waals surface area contributed by atoms with Crippen LogP contribution in [0.5, 0.6) is 0 Å². The van der Waals surface area contributed by atoms with Gasteiger partial charge in [-0.25, -0.2) is 0 Å². The van der Waals surface area contributed by atoms with Crippen molar-refractivity contribution in [3.8, 4) is 0 Å². The molecule has 1 heterocycles. The second kappa shape index (κ2) is 8.55. The Labute approximate surface area is 130 Å².